The predicted octanol–water partition coefficient (Wildman–Crippen LogP) is 1.67. The lowest BCUT2D eigenvalue weighted by atomic mass is 10.0. The van der Waals surface area contributed by atoms with Crippen molar-refractivity contribution in [1.29, 1.82) is 0 Å². The summed E-state index contributed by atoms with van der Waals surface area (Å²) in [6, 6.07) is 2.76. The number of aliphatic hydroxyl groups is 1. The summed E-state index contributed by atoms with van der Waals surface area (Å²) in [5.74, 6) is -1.16. The average molecular weight is 255 g/mol. The molecule has 1 amide bonds. The summed E-state index contributed by atoms with van der Waals surface area (Å²) in [6.45, 7) is 3.74. The van der Waals surface area contributed by atoms with Gasteiger partial charge in [0, 0.05) is 0 Å². The van der Waals surface area contributed by atoms with Crippen LogP contribution in [0.3, 0.4) is 0 Å². The minimum absolute atomic E-state index is 0.128. The molecule has 5 heteroatoms. The molecule has 0 saturated carbocycles. The van der Waals surface area contributed by atoms with E-state index in [0.29, 0.717) is 12.3 Å². The largest absolute Gasteiger partial charge is 0.507 e. The van der Waals surface area contributed by atoms with Gasteiger partial charge >= 0.3 is 0 Å². The number of halogens is 1. The summed E-state index contributed by atoms with van der Waals surface area (Å²) in [7, 11) is 0. The fourth-order valence-corrected chi connectivity index (χ4v) is 1.70. The molecule has 4 nitrogen and oxygen atoms in total. The molecule has 0 saturated heterocycles. The minimum atomic E-state index is -0.595. The van der Waals surface area contributed by atoms with Crippen molar-refractivity contribution < 1.29 is 19.4 Å². The summed E-state index contributed by atoms with van der Waals surface area (Å²) in [5.41, 5.74) is -0.128. The highest BCUT2D eigenvalue weighted by Gasteiger charge is 2.17. The van der Waals surface area contributed by atoms with E-state index >= 15 is 0 Å². The number of hydrogen-bond acceptors (Lipinski definition) is 3. The van der Waals surface area contributed by atoms with Crippen LogP contribution in [0.2, 0.25) is 0 Å². The highest BCUT2D eigenvalue weighted by molar-refractivity contribution is 5.96. The summed E-state index contributed by atoms with van der Waals surface area (Å²) in [6.07, 6.45) is 0.609. The number of aliphatic hydroxyl groups excluding tert-OH is 1. The molecule has 1 rings (SSSR count). The van der Waals surface area contributed by atoms with Gasteiger partial charge in [-0.3, -0.25) is 4.79 Å². The Hall–Kier alpha value is -1.62. The van der Waals surface area contributed by atoms with E-state index in [1.54, 1.807) is 0 Å². The molecule has 0 aromatic heterocycles. The number of nitrogens with one attached hydrogen (secondary N) is 1. The van der Waals surface area contributed by atoms with Crippen LogP contribution in [0.5, 0.6) is 5.75 Å². The summed E-state index contributed by atoms with van der Waals surface area (Å²) < 4.78 is 13.0. The Bertz CT molecular complexity index is 421. The maximum atomic E-state index is 13.0. The van der Waals surface area contributed by atoms with Crippen LogP contribution in [-0.4, -0.2) is 28.8 Å². The smallest absolute Gasteiger partial charge is 0.255 e. The number of rotatable bonds is 5. The molecule has 0 aliphatic rings. The first-order valence-electron chi connectivity index (χ1n) is 5.84. The van der Waals surface area contributed by atoms with Crippen LogP contribution in [0.4, 0.5) is 4.39 Å². The second-order valence-electron chi connectivity index (χ2n) is 4.64. The van der Waals surface area contributed by atoms with E-state index in [1.165, 1.54) is 0 Å². The van der Waals surface area contributed by atoms with Crippen molar-refractivity contribution in [2.75, 3.05) is 6.61 Å². The zero-order valence-corrected chi connectivity index (χ0v) is 10.5. The molecule has 1 atom stereocenters. The van der Waals surface area contributed by atoms with Crippen molar-refractivity contribution in [3.63, 3.8) is 0 Å². The Balaban J connectivity index is 2.77. The van der Waals surface area contributed by atoms with Crippen LogP contribution in [-0.2, 0) is 0 Å². The molecular formula is C13H18FNO3. The van der Waals surface area contributed by atoms with E-state index < -0.39 is 17.8 Å². The molecule has 3 N–H and O–H groups in total. The lowest BCUT2D eigenvalue weighted by molar-refractivity contribution is 0.0905. The van der Waals surface area contributed by atoms with Crippen molar-refractivity contribution in [3.05, 3.63) is 29.6 Å². The van der Waals surface area contributed by atoms with Crippen LogP contribution in [0.1, 0.15) is 30.6 Å². The minimum Gasteiger partial charge on any atom is -0.507 e. The monoisotopic (exact) mass is 255 g/mol. The quantitative estimate of drug-likeness (QED) is 0.749. The van der Waals surface area contributed by atoms with Gasteiger partial charge in [-0.15, -0.1) is 0 Å². The van der Waals surface area contributed by atoms with Crippen LogP contribution in [0.25, 0.3) is 0 Å². The molecule has 1 unspecified atom stereocenters. The number of amides is 1. The zero-order valence-electron chi connectivity index (χ0n) is 10.5. The predicted molar refractivity (Wildman–Crippen MR) is 65.9 cm³/mol. The van der Waals surface area contributed by atoms with Gasteiger partial charge < -0.3 is 15.5 Å². The molecule has 1 aromatic rings. The third kappa shape index (κ3) is 4.00. The van der Waals surface area contributed by atoms with Gasteiger partial charge in [0.25, 0.3) is 5.91 Å². The van der Waals surface area contributed by atoms with E-state index in [9.17, 15) is 14.3 Å². The van der Waals surface area contributed by atoms with E-state index in [4.69, 9.17) is 5.11 Å². The Morgan fingerprint density at radius 2 is 2.11 bits per heavy atom. The maximum absolute atomic E-state index is 13.0. The van der Waals surface area contributed by atoms with Gasteiger partial charge in [-0.2, -0.15) is 0 Å². The third-order valence-electron chi connectivity index (χ3n) is 2.51. The molecule has 0 aliphatic carbocycles. The van der Waals surface area contributed by atoms with Gasteiger partial charge in [0.05, 0.1) is 18.2 Å². The van der Waals surface area contributed by atoms with Crippen molar-refractivity contribution in [2.24, 2.45) is 5.92 Å². The van der Waals surface area contributed by atoms with E-state index in [0.717, 1.165) is 18.2 Å². The van der Waals surface area contributed by atoms with E-state index in [2.05, 4.69) is 5.32 Å². The van der Waals surface area contributed by atoms with Gasteiger partial charge in [-0.1, -0.05) is 13.8 Å². The van der Waals surface area contributed by atoms with Crippen LogP contribution in [0, 0.1) is 11.7 Å². The standard InChI is InChI=1S/C13H18FNO3/c1-8(2)5-10(7-16)15-13(18)11-6-9(14)3-4-12(11)17/h3-4,6,8,10,16-17H,5,7H2,1-2H3,(H,15,18). The molecule has 0 bridgehead atoms. The summed E-state index contributed by atoms with van der Waals surface area (Å²) >= 11 is 0. The van der Waals surface area contributed by atoms with Crippen molar-refractivity contribution in [1.82, 2.24) is 5.32 Å². The Morgan fingerprint density at radius 1 is 1.44 bits per heavy atom. The summed E-state index contributed by atoms with van der Waals surface area (Å²) in [5, 5.41) is 21.2. The normalized spacial score (nSPS) is 12.5. The lowest BCUT2D eigenvalue weighted by Crippen LogP contribution is -2.38. The second kappa shape index (κ2) is 6.35. The van der Waals surface area contributed by atoms with Crippen LogP contribution >= 0.6 is 0 Å². The van der Waals surface area contributed by atoms with Gasteiger partial charge in [0.2, 0.25) is 0 Å². The van der Waals surface area contributed by atoms with E-state index in [-0.39, 0.29) is 17.9 Å². The first kappa shape index (κ1) is 14.4. The molecular weight excluding hydrogens is 237 g/mol. The molecule has 100 valence electrons. The first-order chi connectivity index (χ1) is 8.43. The van der Waals surface area contributed by atoms with Crippen molar-refractivity contribution in [2.45, 2.75) is 26.3 Å². The van der Waals surface area contributed by atoms with Crippen molar-refractivity contribution >= 4 is 5.91 Å². The topological polar surface area (TPSA) is 69.6 Å². The number of aromatic hydroxyl groups is 1. The number of phenolic OH excluding ortho intramolecular Hbond substituents is 1. The van der Waals surface area contributed by atoms with Gasteiger partial charge in [0.15, 0.2) is 0 Å². The van der Waals surface area contributed by atoms with Crippen LogP contribution < -0.4 is 5.32 Å². The summed E-state index contributed by atoms with van der Waals surface area (Å²) in [4.78, 5) is 11.8. The van der Waals surface area contributed by atoms with Gasteiger partial charge in [-0.25, -0.2) is 4.39 Å². The van der Waals surface area contributed by atoms with E-state index in [1.807, 2.05) is 13.8 Å². The fraction of sp³-hybridized carbons (Fsp3) is 0.462. The lowest BCUT2D eigenvalue weighted by Gasteiger charge is -2.18. The zero-order chi connectivity index (χ0) is 13.7. The number of carbonyl (C=O) groups is 1. The molecule has 0 aliphatic heterocycles. The Kier molecular flexibility index (Phi) is 5.09. The molecule has 0 fully saturated rings. The van der Waals surface area contributed by atoms with Gasteiger partial charge in [0.1, 0.15) is 11.6 Å². The molecule has 0 heterocycles. The molecule has 1 aromatic carbocycles. The number of benzene rings is 1. The highest BCUT2D eigenvalue weighted by atomic mass is 19.1. The second-order valence-corrected chi connectivity index (χ2v) is 4.64. The Labute approximate surface area is 105 Å². The number of hydrogen-bond donors (Lipinski definition) is 3. The van der Waals surface area contributed by atoms with Crippen LogP contribution in [0.15, 0.2) is 18.2 Å². The molecule has 0 radical (unpaired) electrons. The third-order valence-corrected chi connectivity index (χ3v) is 2.51. The average Bonchev–Trinajstić information content (AvgIpc) is 2.30. The Morgan fingerprint density at radius 3 is 2.67 bits per heavy atom. The SMILES string of the molecule is CC(C)CC(CO)NC(=O)c1cc(F)ccc1O. The molecule has 18 heavy (non-hydrogen) atoms. The number of phenols is 1. The number of carbonyl (C=O) groups excluding carboxylic acids is 1. The first-order valence-corrected chi connectivity index (χ1v) is 5.84. The fourth-order valence-electron chi connectivity index (χ4n) is 1.70. The molecule has 0 spiro atoms. The highest BCUT2D eigenvalue weighted by Crippen LogP contribution is 2.18. The van der Waals surface area contributed by atoms with Gasteiger partial charge in [-0.05, 0) is 30.5 Å². The maximum Gasteiger partial charge on any atom is 0.255 e. The van der Waals surface area contributed by atoms with Crippen molar-refractivity contribution in [3.8, 4) is 5.75 Å².